The summed E-state index contributed by atoms with van der Waals surface area (Å²) in [6.45, 7) is 5.93. The fourth-order valence-electron chi connectivity index (χ4n) is 4.48. The van der Waals surface area contributed by atoms with Crippen molar-refractivity contribution in [1.82, 2.24) is 25.0 Å². The van der Waals surface area contributed by atoms with Crippen LogP contribution in [0.1, 0.15) is 36.5 Å². The first-order valence-electron chi connectivity index (χ1n) is 10.3. The van der Waals surface area contributed by atoms with Gasteiger partial charge in [0.2, 0.25) is 0 Å². The van der Waals surface area contributed by atoms with E-state index < -0.39 is 17.2 Å². The van der Waals surface area contributed by atoms with Crippen LogP contribution in [0.4, 0.5) is 0 Å². The number of ether oxygens (including phenoxy) is 1. The van der Waals surface area contributed by atoms with Crippen LogP contribution in [-0.2, 0) is 11.3 Å². The molecular formula is C21H29N5O3. The number of aliphatic hydroxyl groups excluding tert-OH is 1. The number of likely N-dealkylation sites (tertiary alicyclic amines) is 1. The van der Waals surface area contributed by atoms with Gasteiger partial charge in [0, 0.05) is 56.6 Å². The minimum Gasteiger partial charge on any atom is -0.388 e. The predicted molar refractivity (Wildman–Crippen MR) is 107 cm³/mol. The molecule has 0 aliphatic carbocycles. The molecule has 0 unspecified atom stereocenters. The lowest BCUT2D eigenvalue weighted by Gasteiger charge is -2.53. The highest BCUT2D eigenvalue weighted by atomic mass is 16.5. The van der Waals surface area contributed by atoms with Gasteiger partial charge in [0.15, 0.2) is 0 Å². The quantitative estimate of drug-likeness (QED) is 0.782. The van der Waals surface area contributed by atoms with Gasteiger partial charge in [0.1, 0.15) is 6.10 Å². The van der Waals surface area contributed by atoms with Crippen molar-refractivity contribution in [3.8, 4) is 0 Å². The van der Waals surface area contributed by atoms with E-state index >= 15 is 0 Å². The van der Waals surface area contributed by atoms with Crippen molar-refractivity contribution in [1.29, 1.82) is 0 Å². The Hall–Kier alpha value is -2.29. The molecule has 4 rings (SSSR count). The standard InChI is InChI=1S/C21H29N5O3/c1-20(24-18(27)17-3-9-22-10-4-17)7-16-29-21(19(20)28)5-12-25(13-6-21)14-15-26-11-2-8-23-26/h2-4,8-11,19,28H,5-7,12-16H2,1H3,(H,24,27)/t19-,20+/m1/s1. The summed E-state index contributed by atoms with van der Waals surface area (Å²) in [6, 6.07) is 5.29. The predicted octanol–water partition coefficient (Wildman–Crippen LogP) is 1.08. The number of pyridine rings is 1. The lowest BCUT2D eigenvalue weighted by Crippen LogP contribution is -2.69. The average molecular weight is 399 g/mol. The van der Waals surface area contributed by atoms with Gasteiger partial charge in [-0.15, -0.1) is 0 Å². The molecule has 2 aromatic heterocycles. The van der Waals surface area contributed by atoms with Crippen molar-refractivity contribution in [3.05, 3.63) is 48.5 Å². The SMILES string of the molecule is C[C@]1(NC(=O)c2ccncc2)CCOC2(CCN(CCn3cccn3)CC2)[C@@H]1O. The third-order valence-electron chi connectivity index (χ3n) is 6.36. The third kappa shape index (κ3) is 4.19. The fourth-order valence-corrected chi connectivity index (χ4v) is 4.48. The Morgan fingerprint density at radius 3 is 2.69 bits per heavy atom. The minimum atomic E-state index is -0.761. The molecule has 0 bridgehead atoms. The number of aliphatic hydroxyl groups is 1. The molecule has 8 heteroatoms. The maximum absolute atomic E-state index is 12.7. The smallest absolute Gasteiger partial charge is 0.251 e. The van der Waals surface area contributed by atoms with E-state index in [4.69, 9.17) is 4.74 Å². The van der Waals surface area contributed by atoms with Crippen LogP contribution in [0, 0.1) is 0 Å². The van der Waals surface area contributed by atoms with Crippen LogP contribution in [0.25, 0.3) is 0 Å². The van der Waals surface area contributed by atoms with Crippen molar-refractivity contribution < 1.29 is 14.6 Å². The van der Waals surface area contributed by atoms with Crippen LogP contribution < -0.4 is 5.32 Å². The maximum atomic E-state index is 12.7. The van der Waals surface area contributed by atoms with E-state index in [0.29, 0.717) is 18.6 Å². The molecule has 2 saturated heterocycles. The second-order valence-electron chi connectivity index (χ2n) is 8.28. The Morgan fingerprint density at radius 1 is 1.24 bits per heavy atom. The summed E-state index contributed by atoms with van der Waals surface area (Å²) in [5.41, 5.74) is -0.793. The molecule has 2 atom stereocenters. The lowest BCUT2D eigenvalue weighted by atomic mass is 9.73. The molecule has 1 amide bonds. The molecule has 0 radical (unpaired) electrons. The van der Waals surface area contributed by atoms with E-state index in [1.165, 1.54) is 0 Å². The van der Waals surface area contributed by atoms with Gasteiger partial charge in [0.25, 0.3) is 5.91 Å². The summed E-state index contributed by atoms with van der Waals surface area (Å²) in [6.07, 6.45) is 8.26. The van der Waals surface area contributed by atoms with Gasteiger partial charge in [-0.2, -0.15) is 5.10 Å². The average Bonchev–Trinajstić information content (AvgIpc) is 3.26. The Kier molecular flexibility index (Phi) is 5.67. The van der Waals surface area contributed by atoms with Gasteiger partial charge in [0.05, 0.1) is 17.7 Å². The van der Waals surface area contributed by atoms with Crippen LogP contribution in [-0.4, -0.2) is 74.2 Å². The van der Waals surface area contributed by atoms with Crippen molar-refractivity contribution >= 4 is 5.91 Å². The van der Waals surface area contributed by atoms with Gasteiger partial charge in [-0.05, 0) is 44.4 Å². The van der Waals surface area contributed by atoms with Gasteiger partial charge in [-0.1, -0.05) is 0 Å². The molecule has 2 aromatic rings. The van der Waals surface area contributed by atoms with Crippen molar-refractivity contribution in [3.63, 3.8) is 0 Å². The van der Waals surface area contributed by atoms with Gasteiger partial charge >= 0.3 is 0 Å². The number of carbonyl (C=O) groups excluding carboxylic acids is 1. The zero-order chi connectivity index (χ0) is 20.3. The zero-order valence-electron chi connectivity index (χ0n) is 16.8. The molecule has 2 aliphatic rings. The molecule has 156 valence electrons. The summed E-state index contributed by atoms with van der Waals surface area (Å²) in [5.74, 6) is -0.192. The summed E-state index contributed by atoms with van der Waals surface area (Å²) in [7, 11) is 0. The number of nitrogens with one attached hydrogen (secondary N) is 1. The Bertz CT molecular complexity index is 805. The minimum absolute atomic E-state index is 0.192. The topological polar surface area (TPSA) is 92.5 Å². The highest BCUT2D eigenvalue weighted by Crippen LogP contribution is 2.40. The van der Waals surface area contributed by atoms with E-state index in [1.807, 2.05) is 23.9 Å². The summed E-state index contributed by atoms with van der Waals surface area (Å²) in [4.78, 5) is 19.0. The van der Waals surface area contributed by atoms with E-state index in [-0.39, 0.29) is 5.91 Å². The molecule has 8 nitrogen and oxygen atoms in total. The highest BCUT2D eigenvalue weighted by molar-refractivity contribution is 5.94. The van der Waals surface area contributed by atoms with E-state index in [0.717, 1.165) is 39.0 Å². The fraction of sp³-hybridized carbons (Fsp3) is 0.571. The van der Waals surface area contributed by atoms with Crippen LogP contribution in [0.2, 0.25) is 0 Å². The van der Waals surface area contributed by atoms with Crippen LogP contribution in [0.15, 0.2) is 43.0 Å². The van der Waals surface area contributed by atoms with Gasteiger partial charge in [-0.3, -0.25) is 14.5 Å². The highest BCUT2D eigenvalue weighted by Gasteiger charge is 2.53. The Balaban J connectivity index is 1.38. The van der Waals surface area contributed by atoms with Crippen molar-refractivity contribution in [2.45, 2.75) is 50.0 Å². The number of piperidine rings is 1. The molecule has 2 N–H and O–H groups in total. The molecule has 4 heterocycles. The molecule has 1 spiro atoms. The summed E-state index contributed by atoms with van der Waals surface area (Å²) < 4.78 is 8.08. The zero-order valence-corrected chi connectivity index (χ0v) is 16.8. The lowest BCUT2D eigenvalue weighted by molar-refractivity contribution is -0.205. The number of carbonyl (C=O) groups is 1. The van der Waals surface area contributed by atoms with E-state index in [9.17, 15) is 9.90 Å². The van der Waals surface area contributed by atoms with Crippen molar-refractivity contribution in [2.24, 2.45) is 0 Å². The normalized spacial score (nSPS) is 27.0. The van der Waals surface area contributed by atoms with Crippen molar-refractivity contribution in [2.75, 3.05) is 26.2 Å². The molecule has 29 heavy (non-hydrogen) atoms. The largest absolute Gasteiger partial charge is 0.388 e. The number of hydrogen-bond donors (Lipinski definition) is 2. The summed E-state index contributed by atoms with van der Waals surface area (Å²) in [5, 5.41) is 18.6. The number of aromatic nitrogens is 3. The molecule has 0 aromatic carbocycles. The third-order valence-corrected chi connectivity index (χ3v) is 6.36. The Morgan fingerprint density at radius 2 is 2.00 bits per heavy atom. The Labute approximate surface area is 170 Å². The summed E-state index contributed by atoms with van der Waals surface area (Å²) >= 11 is 0. The van der Waals surface area contributed by atoms with Gasteiger partial charge < -0.3 is 20.1 Å². The second-order valence-corrected chi connectivity index (χ2v) is 8.28. The monoisotopic (exact) mass is 399 g/mol. The number of nitrogens with zero attached hydrogens (tertiary/aromatic N) is 4. The number of rotatable bonds is 5. The number of hydrogen-bond acceptors (Lipinski definition) is 6. The first-order valence-corrected chi connectivity index (χ1v) is 10.3. The van der Waals surface area contributed by atoms with Gasteiger partial charge in [-0.25, -0.2) is 0 Å². The van der Waals surface area contributed by atoms with Crippen LogP contribution in [0.3, 0.4) is 0 Å². The number of amides is 1. The van der Waals surface area contributed by atoms with E-state index in [2.05, 4.69) is 20.3 Å². The van der Waals surface area contributed by atoms with E-state index in [1.54, 1.807) is 30.7 Å². The van der Waals surface area contributed by atoms with Crippen LogP contribution in [0.5, 0.6) is 0 Å². The molecule has 2 fully saturated rings. The second kappa shape index (κ2) is 8.22. The molecular weight excluding hydrogens is 370 g/mol. The van der Waals surface area contributed by atoms with Crippen LogP contribution >= 0.6 is 0 Å². The molecule has 2 aliphatic heterocycles. The maximum Gasteiger partial charge on any atom is 0.251 e. The molecule has 0 saturated carbocycles. The first kappa shape index (κ1) is 20.0. The first-order chi connectivity index (χ1) is 14.0.